The van der Waals surface area contributed by atoms with Gasteiger partial charge in [-0.25, -0.2) is 0 Å². The maximum absolute atomic E-state index is 11.5. The predicted octanol–water partition coefficient (Wildman–Crippen LogP) is 1.55. The van der Waals surface area contributed by atoms with Crippen molar-refractivity contribution in [3.8, 4) is 0 Å². The van der Waals surface area contributed by atoms with Crippen LogP contribution in [0, 0.1) is 11.3 Å². The molecule has 1 aliphatic carbocycles. The molecule has 0 N–H and O–H groups in total. The molecule has 3 heteroatoms. The van der Waals surface area contributed by atoms with E-state index in [1.54, 1.807) is 0 Å². The first kappa shape index (κ1) is 10.2. The average Bonchev–Trinajstić information content (AvgIpc) is 2.02. The standard InChI is InChI=1S/C10H16O3/c1-10(2)6-4-5-7(11)8(10)9(12)13-3/h8H,4-6H2,1-3H3/t8-/m1/s1. The van der Waals surface area contributed by atoms with E-state index in [1.807, 2.05) is 13.8 Å². The Balaban J connectivity index is 2.87. The van der Waals surface area contributed by atoms with Crippen LogP contribution in [0.5, 0.6) is 0 Å². The highest BCUT2D eigenvalue weighted by Crippen LogP contribution is 2.38. The molecule has 0 saturated heterocycles. The van der Waals surface area contributed by atoms with E-state index in [2.05, 4.69) is 4.74 Å². The number of carbonyl (C=O) groups excluding carboxylic acids is 2. The third-order valence-electron chi connectivity index (χ3n) is 2.78. The second-order valence-corrected chi connectivity index (χ2v) is 4.26. The first-order valence-electron chi connectivity index (χ1n) is 4.59. The van der Waals surface area contributed by atoms with Crippen LogP contribution in [0.1, 0.15) is 33.1 Å². The first-order valence-corrected chi connectivity index (χ1v) is 4.59. The molecule has 1 aliphatic rings. The number of ether oxygens (including phenoxy) is 1. The Morgan fingerprint density at radius 2 is 2.15 bits per heavy atom. The van der Waals surface area contributed by atoms with Crippen molar-refractivity contribution in [3.05, 3.63) is 0 Å². The number of esters is 1. The molecule has 1 saturated carbocycles. The van der Waals surface area contributed by atoms with Crippen molar-refractivity contribution in [2.75, 3.05) is 7.11 Å². The highest BCUT2D eigenvalue weighted by Gasteiger charge is 2.43. The molecule has 0 bridgehead atoms. The third-order valence-corrected chi connectivity index (χ3v) is 2.78. The molecular weight excluding hydrogens is 168 g/mol. The van der Waals surface area contributed by atoms with Crippen molar-refractivity contribution in [1.82, 2.24) is 0 Å². The lowest BCUT2D eigenvalue weighted by Gasteiger charge is -2.35. The Bertz CT molecular complexity index is 222. The van der Waals surface area contributed by atoms with E-state index in [0.29, 0.717) is 6.42 Å². The minimum Gasteiger partial charge on any atom is -0.468 e. The maximum atomic E-state index is 11.5. The molecule has 0 amide bonds. The van der Waals surface area contributed by atoms with E-state index in [4.69, 9.17) is 0 Å². The van der Waals surface area contributed by atoms with Crippen LogP contribution in [-0.4, -0.2) is 18.9 Å². The van der Waals surface area contributed by atoms with Crippen LogP contribution >= 0.6 is 0 Å². The summed E-state index contributed by atoms with van der Waals surface area (Å²) in [6.07, 6.45) is 2.32. The number of carbonyl (C=O) groups is 2. The van der Waals surface area contributed by atoms with Gasteiger partial charge < -0.3 is 4.74 Å². The van der Waals surface area contributed by atoms with Gasteiger partial charge in [-0.05, 0) is 18.3 Å². The van der Waals surface area contributed by atoms with Crippen molar-refractivity contribution in [3.63, 3.8) is 0 Å². The number of rotatable bonds is 1. The normalized spacial score (nSPS) is 27.0. The Labute approximate surface area is 78.5 Å². The van der Waals surface area contributed by atoms with Crippen LogP contribution in [0.15, 0.2) is 0 Å². The van der Waals surface area contributed by atoms with Gasteiger partial charge in [-0.2, -0.15) is 0 Å². The van der Waals surface area contributed by atoms with Crippen LogP contribution in [-0.2, 0) is 14.3 Å². The van der Waals surface area contributed by atoms with E-state index >= 15 is 0 Å². The summed E-state index contributed by atoms with van der Waals surface area (Å²) in [7, 11) is 1.33. The second-order valence-electron chi connectivity index (χ2n) is 4.26. The van der Waals surface area contributed by atoms with Crippen molar-refractivity contribution >= 4 is 11.8 Å². The predicted molar refractivity (Wildman–Crippen MR) is 48.1 cm³/mol. The molecule has 0 aliphatic heterocycles. The summed E-state index contributed by atoms with van der Waals surface area (Å²) in [6.45, 7) is 3.90. The molecule has 0 radical (unpaired) electrons. The first-order chi connectivity index (χ1) is 5.99. The van der Waals surface area contributed by atoms with Gasteiger partial charge in [0.1, 0.15) is 11.7 Å². The minimum atomic E-state index is -0.550. The smallest absolute Gasteiger partial charge is 0.316 e. The van der Waals surface area contributed by atoms with Crippen molar-refractivity contribution in [2.45, 2.75) is 33.1 Å². The van der Waals surface area contributed by atoms with Crippen LogP contribution in [0.2, 0.25) is 0 Å². The molecule has 1 rings (SSSR count). The zero-order chi connectivity index (χ0) is 10.1. The second kappa shape index (κ2) is 3.48. The average molecular weight is 184 g/mol. The van der Waals surface area contributed by atoms with Crippen LogP contribution in [0.25, 0.3) is 0 Å². The monoisotopic (exact) mass is 184 g/mol. The van der Waals surface area contributed by atoms with Crippen LogP contribution in [0.4, 0.5) is 0 Å². The fourth-order valence-corrected chi connectivity index (χ4v) is 2.01. The van der Waals surface area contributed by atoms with Gasteiger partial charge in [0.25, 0.3) is 0 Å². The highest BCUT2D eigenvalue weighted by atomic mass is 16.5. The lowest BCUT2D eigenvalue weighted by molar-refractivity contribution is -0.156. The summed E-state index contributed by atoms with van der Waals surface area (Å²) >= 11 is 0. The van der Waals surface area contributed by atoms with Crippen LogP contribution < -0.4 is 0 Å². The van der Waals surface area contributed by atoms with Crippen molar-refractivity contribution in [1.29, 1.82) is 0 Å². The number of hydrogen-bond donors (Lipinski definition) is 0. The lowest BCUT2D eigenvalue weighted by atomic mass is 9.68. The minimum absolute atomic E-state index is 0.0306. The van der Waals surface area contributed by atoms with Gasteiger partial charge in [0.2, 0.25) is 0 Å². The van der Waals surface area contributed by atoms with E-state index in [-0.39, 0.29) is 17.2 Å². The van der Waals surface area contributed by atoms with E-state index < -0.39 is 5.92 Å². The molecule has 0 aromatic rings. The number of hydrogen-bond acceptors (Lipinski definition) is 3. The Kier molecular flexibility index (Phi) is 2.74. The molecule has 1 fully saturated rings. The lowest BCUT2D eigenvalue weighted by Crippen LogP contribution is -2.41. The number of Topliss-reactive ketones (excluding diaryl/α,β-unsaturated/α-hetero) is 1. The fourth-order valence-electron chi connectivity index (χ4n) is 2.01. The number of ketones is 1. The van der Waals surface area contributed by atoms with Gasteiger partial charge >= 0.3 is 5.97 Å². The van der Waals surface area contributed by atoms with Crippen molar-refractivity contribution < 1.29 is 14.3 Å². The molecular formula is C10H16O3. The van der Waals surface area contributed by atoms with Gasteiger partial charge in [0, 0.05) is 6.42 Å². The third kappa shape index (κ3) is 1.90. The molecule has 0 aromatic carbocycles. The quantitative estimate of drug-likeness (QED) is 0.458. The summed E-state index contributed by atoms with van der Waals surface area (Å²) in [4.78, 5) is 22.9. The van der Waals surface area contributed by atoms with Gasteiger partial charge in [0.15, 0.2) is 0 Å². The summed E-state index contributed by atoms with van der Waals surface area (Å²) in [5.41, 5.74) is -0.234. The topological polar surface area (TPSA) is 43.4 Å². The molecule has 0 spiro atoms. The highest BCUT2D eigenvalue weighted by molar-refractivity contribution is 6.00. The summed E-state index contributed by atoms with van der Waals surface area (Å²) in [5.74, 6) is -0.899. The van der Waals surface area contributed by atoms with Gasteiger partial charge in [-0.1, -0.05) is 13.8 Å². The van der Waals surface area contributed by atoms with E-state index in [0.717, 1.165) is 12.8 Å². The molecule has 0 heterocycles. The van der Waals surface area contributed by atoms with Crippen molar-refractivity contribution in [2.24, 2.45) is 11.3 Å². The fraction of sp³-hybridized carbons (Fsp3) is 0.800. The van der Waals surface area contributed by atoms with E-state index in [9.17, 15) is 9.59 Å². The Morgan fingerprint density at radius 1 is 1.54 bits per heavy atom. The summed E-state index contributed by atoms with van der Waals surface area (Å²) in [5, 5.41) is 0. The molecule has 3 nitrogen and oxygen atoms in total. The molecule has 0 unspecified atom stereocenters. The van der Waals surface area contributed by atoms with Gasteiger partial charge in [-0.15, -0.1) is 0 Å². The molecule has 74 valence electrons. The maximum Gasteiger partial charge on any atom is 0.316 e. The van der Waals surface area contributed by atoms with Gasteiger partial charge in [-0.3, -0.25) is 9.59 Å². The van der Waals surface area contributed by atoms with Gasteiger partial charge in [0.05, 0.1) is 7.11 Å². The zero-order valence-corrected chi connectivity index (χ0v) is 8.42. The SMILES string of the molecule is COC(=O)[C@H]1C(=O)CCCC1(C)C. The Morgan fingerprint density at radius 3 is 2.62 bits per heavy atom. The summed E-state index contributed by atoms with van der Waals surface area (Å²) in [6, 6.07) is 0. The van der Waals surface area contributed by atoms with E-state index in [1.165, 1.54) is 7.11 Å². The molecule has 1 atom stereocenters. The largest absolute Gasteiger partial charge is 0.468 e. The Hall–Kier alpha value is -0.860. The zero-order valence-electron chi connectivity index (χ0n) is 8.42. The number of methoxy groups -OCH3 is 1. The summed E-state index contributed by atoms with van der Waals surface area (Å²) < 4.78 is 4.64. The molecule has 13 heavy (non-hydrogen) atoms. The molecule has 0 aromatic heterocycles. The van der Waals surface area contributed by atoms with Crippen LogP contribution in [0.3, 0.4) is 0 Å².